The second-order valence-corrected chi connectivity index (χ2v) is 5.61. The highest BCUT2D eigenvalue weighted by Gasteiger charge is 2.07. The molecule has 1 heterocycles. The van der Waals surface area contributed by atoms with Gasteiger partial charge in [0.1, 0.15) is 5.75 Å². The van der Waals surface area contributed by atoms with Crippen LogP contribution in [0.4, 0.5) is 0 Å². The lowest BCUT2D eigenvalue weighted by atomic mass is 10.1. The molecule has 0 saturated carbocycles. The molecule has 2 aromatic carbocycles. The lowest BCUT2D eigenvalue weighted by molar-refractivity contribution is 0.414. The van der Waals surface area contributed by atoms with E-state index >= 15 is 0 Å². The average Bonchev–Trinajstić information content (AvgIpc) is 2.83. The monoisotopic (exact) mass is 318 g/mol. The third kappa shape index (κ3) is 2.82. The fourth-order valence-electron chi connectivity index (χ4n) is 2.44. The van der Waals surface area contributed by atoms with E-state index in [1.54, 1.807) is 7.11 Å². The van der Waals surface area contributed by atoms with Crippen LogP contribution in [0.3, 0.4) is 0 Å². The number of halogens is 1. The molecule has 3 nitrogen and oxygen atoms in total. The van der Waals surface area contributed by atoms with Gasteiger partial charge in [-0.2, -0.15) is 0 Å². The highest BCUT2D eigenvalue weighted by Crippen LogP contribution is 2.23. The summed E-state index contributed by atoms with van der Waals surface area (Å²) in [5, 5.41) is 0.693. The number of aromatic nitrogens is 2. The Hall–Kier alpha value is -1.78. The first kappa shape index (κ1) is 14.2. The first-order valence-electron chi connectivity index (χ1n) is 6.69. The zero-order valence-corrected chi connectivity index (χ0v) is 13.2. The van der Waals surface area contributed by atoms with Crippen molar-refractivity contribution >= 4 is 34.9 Å². The molecular weight excluding hydrogens is 304 g/mol. The molecule has 3 rings (SSSR count). The van der Waals surface area contributed by atoms with Crippen molar-refractivity contribution in [2.75, 3.05) is 7.11 Å². The van der Waals surface area contributed by atoms with Gasteiger partial charge >= 0.3 is 0 Å². The van der Waals surface area contributed by atoms with Crippen LogP contribution >= 0.6 is 23.8 Å². The largest absolute Gasteiger partial charge is 0.497 e. The third-order valence-electron chi connectivity index (χ3n) is 3.52. The third-order valence-corrected chi connectivity index (χ3v) is 4.16. The number of benzene rings is 2. The van der Waals surface area contributed by atoms with E-state index in [0.717, 1.165) is 29.7 Å². The van der Waals surface area contributed by atoms with E-state index in [1.165, 1.54) is 5.56 Å². The van der Waals surface area contributed by atoms with Gasteiger partial charge < -0.3 is 14.3 Å². The van der Waals surface area contributed by atoms with Crippen LogP contribution in [0.2, 0.25) is 5.02 Å². The van der Waals surface area contributed by atoms with Crippen molar-refractivity contribution in [2.45, 2.75) is 13.0 Å². The number of imidazole rings is 1. The fourth-order valence-corrected chi connectivity index (χ4v) is 2.94. The van der Waals surface area contributed by atoms with Gasteiger partial charge in [0.25, 0.3) is 0 Å². The summed E-state index contributed by atoms with van der Waals surface area (Å²) in [5.41, 5.74) is 3.15. The van der Waals surface area contributed by atoms with Gasteiger partial charge in [0.15, 0.2) is 4.77 Å². The summed E-state index contributed by atoms with van der Waals surface area (Å²) in [6.07, 6.45) is 0.880. The van der Waals surface area contributed by atoms with Gasteiger partial charge in [0.2, 0.25) is 0 Å². The first-order chi connectivity index (χ1) is 10.2. The van der Waals surface area contributed by atoms with E-state index in [1.807, 2.05) is 36.4 Å². The van der Waals surface area contributed by atoms with Crippen LogP contribution < -0.4 is 4.74 Å². The SMILES string of the molecule is COc1cccc(CCn2c(=S)[nH]c3c(Cl)cccc32)c1. The molecular formula is C16H15ClN2OS. The Morgan fingerprint density at radius 3 is 2.86 bits per heavy atom. The minimum absolute atomic E-state index is 0.693. The summed E-state index contributed by atoms with van der Waals surface area (Å²) in [5.74, 6) is 0.873. The number of hydrogen-bond donors (Lipinski definition) is 1. The van der Waals surface area contributed by atoms with Gasteiger partial charge in [-0.15, -0.1) is 0 Å². The van der Waals surface area contributed by atoms with E-state index < -0.39 is 0 Å². The zero-order valence-electron chi connectivity index (χ0n) is 11.6. The van der Waals surface area contributed by atoms with Crippen LogP contribution in [0, 0.1) is 4.77 Å². The summed E-state index contributed by atoms with van der Waals surface area (Å²) in [4.78, 5) is 3.18. The van der Waals surface area contributed by atoms with E-state index in [2.05, 4.69) is 15.6 Å². The number of nitrogens with one attached hydrogen (secondary N) is 1. The molecule has 0 aliphatic rings. The Kier molecular flexibility index (Phi) is 3.99. The Bertz CT molecular complexity index is 838. The summed E-state index contributed by atoms with van der Waals surface area (Å²) in [6.45, 7) is 0.798. The minimum atomic E-state index is 0.693. The molecule has 0 fully saturated rings. The van der Waals surface area contributed by atoms with Crippen LogP contribution in [0.5, 0.6) is 5.75 Å². The molecule has 0 saturated heterocycles. The van der Waals surface area contributed by atoms with Gasteiger partial charge in [0.05, 0.1) is 23.2 Å². The summed E-state index contributed by atoms with van der Waals surface area (Å²) in [7, 11) is 1.68. The van der Waals surface area contributed by atoms with Gasteiger partial charge in [0, 0.05) is 6.54 Å². The maximum Gasteiger partial charge on any atom is 0.178 e. The van der Waals surface area contributed by atoms with E-state index in [0.29, 0.717) is 9.79 Å². The summed E-state index contributed by atoms with van der Waals surface area (Å²) >= 11 is 11.6. The normalized spacial score (nSPS) is 11.0. The topological polar surface area (TPSA) is 29.9 Å². The molecule has 0 spiro atoms. The fraction of sp³-hybridized carbons (Fsp3) is 0.188. The molecule has 21 heavy (non-hydrogen) atoms. The molecule has 0 bridgehead atoms. The standard InChI is InChI=1S/C16H15ClN2OS/c1-20-12-5-2-4-11(10-12)8-9-19-14-7-3-6-13(17)15(14)18-16(19)21/h2-7,10H,8-9H2,1H3,(H,18,21). The molecule has 0 unspecified atom stereocenters. The Labute approximate surface area is 133 Å². The van der Waals surface area contributed by atoms with Gasteiger partial charge in [-0.25, -0.2) is 0 Å². The molecule has 0 amide bonds. The number of nitrogens with zero attached hydrogens (tertiary/aromatic N) is 1. The number of fused-ring (bicyclic) bond motifs is 1. The van der Waals surface area contributed by atoms with Crippen LogP contribution in [0.1, 0.15) is 5.56 Å². The molecule has 1 aromatic heterocycles. The molecule has 108 valence electrons. The van der Waals surface area contributed by atoms with Gasteiger partial charge in [-0.3, -0.25) is 0 Å². The minimum Gasteiger partial charge on any atom is -0.497 e. The van der Waals surface area contributed by atoms with Crippen molar-refractivity contribution in [1.82, 2.24) is 9.55 Å². The Morgan fingerprint density at radius 1 is 1.24 bits per heavy atom. The summed E-state index contributed by atoms with van der Waals surface area (Å²) in [6, 6.07) is 13.9. The van der Waals surface area contributed by atoms with Crippen molar-refractivity contribution in [2.24, 2.45) is 0 Å². The molecule has 5 heteroatoms. The van der Waals surface area contributed by atoms with Crippen LogP contribution in [-0.4, -0.2) is 16.7 Å². The maximum absolute atomic E-state index is 6.19. The summed E-state index contributed by atoms with van der Waals surface area (Å²) < 4.78 is 8.03. The van der Waals surface area contributed by atoms with Crippen LogP contribution in [0.15, 0.2) is 42.5 Å². The van der Waals surface area contributed by atoms with Crippen molar-refractivity contribution in [3.63, 3.8) is 0 Å². The number of para-hydroxylation sites is 1. The average molecular weight is 319 g/mol. The van der Waals surface area contributed by atoms with E-state index in [9.17, 15) is 0 Å². The number of H-pyrrole nitrogens is 1. The second-order valence-electron chi connectivity index (χ2n) is 4.82. The second kappa shape index (κ2) is 5.92. The predicted molar refractivity (Wildman–Crippen MR) is 88.8 cm³/mol. The Morgan fingerprint density at radius 2 is 2.05 bits per heavy atom. The molecule has 3 aromatic rings. The maximum atomic E-state index is 6.19. The Balaban J connectivity index is 1.90. The predicted octanol–water partition coefficient (Wildman–Crippen LogP) is 4.60. The van der Waals surface area contributed by atoms with Gasteiger partial charge in [-0.1, -0.05) is 29.8 Å². The number of aromatic amines is 1. The lowest BCUT2D eigenvalue weighted by Gasteiger charge is -2.07. The number of aryl methyl sites for hydroxylation is 2. The van der Waals surface area contributed by atoms with Gasteiger partial charge in [-0.05, 0) is 48.5 Å². The molecule has 0 radical (unpaired) electrons. The highest BCUT2D eigenvalue weighted by molar-refractivity contribution is 7.71. The first-order valence-corrected chi connectivity index (χ1v) is 7.47. The molecule has 0 aliphatic carbocycles. The lowest BCUT2D eigenvalue weighted by Crippen LogP contribution is -2.01. The number of methoxy groups -OCH3 is 1. The van der Waals surface area contributed by atoms with Crippen molar-refractivity contribution < 1.29 is 4.74 Å². The molecule has 0 aliphatic heterocycles. The number of hydrogen-bond acceptors (Lipinski definition) is 2. The molecule has 1 N–H and O–H groups in total. The van der Waals surface area contributed by atoms with Crippen molar-refractivity contribution in [1.29, 1.82) is 0 Å². The van der Waals surface area contributed by atoms with E-state index in [4.69, 9.17) is 28.6 Å². The zero-order chi connectivity index (χ0) is 14.8. The van der Waals surface area contributed by atoms with E-state index in [-0.39, 0.29) is 0 Å². The smallest absolute Gasteiger partial charge is 0.178 e. The quantitative estimate of drug-likeness (QED) is 0.712. The van der Waals surface area contributed by atoms with Crippen LogP contribution in [0.25, 0.3) is 11.0 Å². The molecule has 0 atom stereocenters. The number of ether oxygens (including phenoxy) is 1. The highest BCUT2D eigenvalue weighted by atomic mass is 35.5. The number of rotatable bonds is 4. The van der Waals surface area contributed by atoms with Crippen molar-refractivity contribution in [3.8, 4) is 5.75 Å². The van der Waals surface area contributed by atoms with Crippen LogP contribution in [-0.2, 0) is 13.0 Å². The van der Waals surface area contributed by atoms with Crippen molar-refractivity contribution in [3.05, 3.63) is 57.8 Å².